The summed E-state index contributed by atoms with van der Waals surface area (Å²) in [7, 11) is 3.03. The summed E-state index contributed by atoms with van der Waals surface area (Å²) in [6.45, 7) is 0.948. The standard InChI is InChI=1S/C29H27ClFN5O4/c1-38-26-14-22-20(12-23(26)35-28(37)9-8-18-6-4-10-32-18)29(34-16-33-22)36-24-13-21(30)25(15-27(24)39-2)40-19-7-3-5-17(31)11-19/h3,5,7-9,11-16,18,32H,4,6,10H2,1-2H3,(H,35,37)(H,33,34,36)/b9-8+. The van der Waals surface area contributed by atoms with Gasteiger partial charge >= 0.3 is 0 Å². The SMILES string of the molecule is COc1cc2ncnc(Nc3cc(Cl)c(Oc4cccc(F)c4)cc3OC)c2cc1NC(=O)/C=C/C1CCCN1. The van der Waals surface area contributed by atoms with Gasteiger partial charge in [0.25, 0.3) is 0 Å². The first kappa shape index (κ1) is 27.2. The van der Waals surface area contributed by atoms with Crippen LogP contribution in [0.2, 0.25) is 5.02 Å². The first-order chi connectivity index (χ1) is 19.4. The number of fused-ring (bicyclic) bond motifs is 1. The first-order valence-electron chi connectivity index (χ1n) is 12.6. The van der Waals surface area contributed by atoms with E-state index in [0.29, 0.717) is 45.3 Å². The van der Waals surface area contributed by atoms with Gasteiger partial charge in [0.2, 0.25) is 5.91 Å². The van der Waals surface area contributed by atoms with Crippen molar-refractivity contribution in [1.82, 2.24) is 15.3 Å². The minimum atomic E-state index is -0.427. The van der Waals surface area contributed by atoms with Crippen LogP contribution in [0.15, 0.2) is 67.0 Å². The van der Waals surface area contributed by atoms with E-state index in [1.165, 1.54) is 38.8 Å². The molecule has 11 heteroatoms. The number of anilines is 3. The maximum atomic E-state index is 13.6. The molecule has 3 aromatic carbocycles. The van der Waals surface area contributed by atoms with Gasteiger partial charge in [-0.15, -0.1) is 0 Å². The van der Waals surface area contributed by atoms with Crippen LogP contribution in [0.3, 0.4) is 0 Å². The van der Waals surface area contributed by atoms with Crippen molar-refractivity contribution in [2.24, 2.45) is 0 Å². The van der Waals surface area contributed by atoms with Crippen molar-refractivity contribution in [2.45, 2.75) is 18.9 Å². The van der Waals surface area contributed by atoms with E-state index in [4.69, 9.17) is 25.8 Å². The minimum absolute atomic E-state index is 0.195. The molecule has 0 aliphatic carbocycles. The molecule has 1 unspecified atom stereocenters. The largest absolute Gasteiger partial charge is 0.494 e. The number of nitrogens with one attached hydrogen (secondary N) is 3. The quantitative estimate of drug-likeness (QED) is 0.206. The van der Waals surface area contributed by atoms with Crippen LogP contribution in [0.4, 0.5) is 21.6 Å². The van der Waals surface area contributed by atoms with E-state index in [1.54, 1.807) is 36.4 Å². The van der Waals surface area contributed by atoms with E-state index in [2.05, 4.69) is 25.9 Å². The molecule has 40 heavy (non-hydrogen) atoms. The lowest BCUT2D eigenvalue weighted by molar-refractivity contribution is -0.111. The Bertz CT molecular complexity index is 1580. The van der Waals surface area contributed by atoms with E-state index in [0.717, 1.165) is 19.4 Å². The van der Waals surface area contributed by atoms with Gasteiger partial charge in [-0.2, -0.15) is 0 Å². The molecular weight excluding hydrogens is 537 g/mol. The lowest BCUT2D eigenvalue weighted by Gasteiger charge is -2.16. The number of carbonyl (C=O) groups is 1. The van der Waals surface area contributed by atoms with Crippen molar-refractivity contribution < 1.29 is 23.4 Å². The third-order valence-corrected chi connectivity index (χ3v) is 6.62. The second-order valence-corrected chi connectivity index (χ2v) is 9.42. The molecule has 0 bridgehead atoms. The molecule has 0 radical (unpaired) electrons. The molecule has 2 heterocycles. The van der Waals surface area contributed by atoms with Crippen LogP contribution in [0.5, 0.6) is 23.0 Å². The smallest absolute Gasteiger partial charge is 0.248 e. The molecule has 0 saturated carbocycles. The number of hydrogen-bond acceptors (Lipinski definition) is 8. The molecular formula is C29H27ClFN5O4. The zero-order valence-corrected chi connectivity index (χ0v) is 22.6. The molecule has 1 aromatic heterocycles. The Morgan fingerprint density at radius 3 is 2.65 bits per heavy atom. The van der Waals surface area contributed by atoms with Gasteiger partial charge in [-0.25, -0.2) is 14.4 Å². The molecule has 206 valence electrons. The third kappa shape index (κ3) is 6.24. The van der Waals surface area contributed by atoms with Crippen LogP contribution in [-0.4, -0.2) is 42.7 Å². The number of methoxy groups -OCH3 is 2. The summed E-state index contributed by atoms with van der Waals surface area (Å²) in [5.74, 6) is 1.19. The highest BCUT2D eigenvalue weighted by Crippen LogP contribution is 2.40. The lowest BCUT2D eigenvalue weighted by Crippen LogP contribution is -2.19. The summed E-state index contributed by atoms with van der Waals surface area (Å²) in [4.78, 5) is 21.4. The highest BCUT2D eigenvalue weighted by atomic mass is 35.5. The lowest BCUT2D eigenvalue weighted by atomic mass is 10.1. The number of carbonyl (C=O) groups excluding carboxylic acids is 1. The van der Waals surface area contributed by atoms with Gasteiger partial charge in [-0.3, -0.25) is 4.79 Å². The predicted molar refractivity (Wildman–Crippen MR) is 153 cm³/mol. The fraction of sp³-hybridized carbons (Fsp3) is 0.207. The van der Waals surface area contributed by atoms with E-state index in [-0.39, 0.29) is 22.7 Å². The van der Waals surface area contributed by atoms with Crippen molar-refractivity contribution in [3.05, 3.63) is 77.9 Å². The second kappa shape index (κ2) is 12.2. The van der Waals surface area contributed by atoms with Gasteiger partial charge in [-0.05, 0) is 43.7 Å². The molecule has 1 aliphatic heterocycles. The average Bonchev–Trinajstić information content (AvgIpc) is 3.47. The number of nitrogens with zero attached hydrogens (tertiary/aromatic N) is 2. The van der Waals surface area contributed by atoms with Crippen molar-refractivity contribution in [3.63, 3.8) is 0 Å². The Balaban J connectivity index is 1.43. The monoisotopic (exact) mass is 563 g/mol. The molecule has 1 atom stereocenters. The molecule has 5 rings (SSSR count). The fourth-order valence-corrected chi connectivity index (χ4v) is 4.57. The summed E-state index contributed by atoms with van der Waals surface area (Å²) in [6, 6.07) is 12.6. The Labute approximate surface area is 235 Å². The fourth-order valence-electron chi connectivity index (χ4n) is 4.37. The predicted octanol–water partition coefficient (Wildman–Crippen LogP) is 6.22. The number of amides is 1. The van der Waals surface area contributed by atoms with Gasteiger partial charge in [-0.1, -0.05) is 23.7 Å². The number of benzene rings is 3. The Morgan fingerprint density at radius 1 is 1.07 bits per heavy atom. The van der Waals surface area contributed by atoms with Crippen molar-refractivity contribution >= 4 is 45.6 Å². The molecule has 1 saturated heterocycles. The Hall–Kier alpha value is -4.41. The number of ether oxygens (including phenoxy) is 3. The van der Waals surface area contributed by atoms with E-state index >= 15 is 0 Å². The number of halogens is 2. The van der Waals surface area contributed by atoms with Gasteiger partial charge < -0.3 is 30.2 Å². The van der Waals surface area contributed by atoms with Crippen LogP contribution in [0.1, 0.15) is 12.8 Å². The molecule has 1 aliphatic rings. The van der Waals surface area contributed by atoms with Crippen LogP contribution in [-0.2, 0) is 4.79 Å². The molecule has 1 fully saturated rings. The minimum Gasteiger partial charge on any atom is -0.494 e. The summed E-state index contributed by atoms with van der Waals surface area (Å²) in [6.07, 6.45) is 6.89. The Morgan fingerprint density at radius 2 is 1.90 bits per heavy atom. The maximum Gasteiger partial charge on any atom is 0.248 e. The Kier molecular flexibility index (Phi) is 8.28. The van der Waals surface area contributed by atoms with Crippen LogP contribution in [0.25, 0.3) is 10.9 Å². The van der Waals surface area contributed by atoms with Crippen molar-refractivity contribution in [2.75, 3.05) is 31.4 Å². The zero-order chi connectivity index (χ0) is 28.1. The van der Waals surface area contributed by atoms with Crippen LogP contribution < -0.4 is 30.2 Å². The summed E-state index contributed by atoms with van der Waals surface area (Å²) < 4.78 is 30.4. The van der Waals surface area contributed by atoms with Gasteiger partial charge in [0.05, 0.1) is 36.1 Å². The van der Waals surface area contributed by atoms with Crippen LogP contribution in [0, 0.1) is 5.82 Å². The summed E-state index contributed by atoms with van der Waals surface area (Å²) in [5, 5.41) is 10.3. The molecule has 9 nitrogen and oxygen atoms in total. The van der Waals surface area contributed by atoms with Gasteiger partial charge in [0.15, 0.2) is 0 Å². The zero-order valence-electron chi connectivity index (χ0n) is 21.8. The normalized spacial score (nSPS) is 14.8. The maximum absolute atomic E-state index is 13.6. The average molecular weight is 564 g/mol. The van der Waals surface area contributed by atoms with Gasteiger partial charge in [0.1, 0.15) is 41.0 Å². The number of hydrogen-bond donors (Lipinski definition) is 3. The number of aromatic nitrogens is 2. The highest BCUT2D eigenvalue weighted by molar-refractivity contribution is 6.32. The van der Waals surface area contributed by atoms with Crippen molar-refractivity contribution in [1.29, 1.82) is 0 Å². The van der Waals surface area contributed by atoms with E-state index in [1.807, 2.05) is 6.08 Å². The second-order valence-electron chi connectivity index (χ2n) is 9.01. The van der Waals surface area contributed by atoms with Crippen molar-refractivity contribution in [3.8, 4) is 23.0 Å². The van der Waals surface area contributed by atoms with E-state index < -0.39 is 5.82 Å². The third-order valence-electron chi connectivity index (χ3n) is 6.32. The van der Waals surface area contributed by atoms with E-state index in [9.17, 15) is 9.18 Å². The summed E-state index contributed by atoms with van der Waals surface area (Å²) >= 11 is 6.51. The number of rotatable bonds is 9. The molecule has 0 spiro atoms. The highest BCUT2D eigenvalue weighted by Gasteiger charge is 2.17. The molecule has 1 amide bonds. The van der Waals surface area contributed by atoms with Gasteiger partial charge in [0, 0.05) is 35.7 Å². The summed E-state index contributed by atoms with van der Waals surface area (Å²) in [5.41, 5.74) is 1.56. The molecule has 4 aromatic rings. The van der Waals surface area contributed by atoms with Crippen LogP contribution >= 0.6 is 11.6 Å². The first-order valence-corrected chi connectivity index (χ1v) is 12.9. The molecule has 3 N–H and O–H groups in total. The topological polar surface area (TPSA) is 107 Å².